The van der Waals surface area contributed by atoms with E-state index in [2.05, 4.69) is 5.10 Å². The summed E-state index contributed by atoms with van der Waals surface area (Å²) in [6, 6.07) is 6.16. The maximum Gasteiger partial charge on any atom is 0.259 e. The molecule has 2 aliphatic heterocycles. The van der Waals surface area contributed by atoms with Gasteiger partial charge in [-0.1, -0.05) is 12.1 Å². The number of morpholine rings is 1. The van der Waals surface area contributed by atoms with Crippen LogP contribution in [0.3, 0.4) is 0 Å². The van der Waals surface area contributed by atoms with Gasteiger partial charge in [0.1, 0.15) is 28.5 Å². The summed E-state index contributed by atoms with van der Waals surface area (Å²) in [6.45, 7) is 2.51. The minimum atomic E-state index is -0.454. The highest BCUT2D eigenvalue weighted by Crippen LogP contribution is 2.29. The van der Waals surface area contributed by atoms with Crippen molar-refractivity contribution in [3.05, 3.63) is 41.8 Å². The minimum Gasteiger partial charge on any atom is -0.383 e. The SMILES string of the molecule is Nc1c(C(=O)N2CCOC3(CCOC3)C2)cnn1-c1ccccc1F. The third kappa shape index (κ3) is 2.77. The third-order valence-corrected chi connectivity index (χ3v) is 4.72. The molecule has 2 fully saturated rings. The summed E-state index contributed by atoms with van der Waals surface area (Å²) in [6.07, 6.45) is 2.15. The topological polar surface area (TPSA) is 82.6 Å². The molecule has 4 rings (SSSR count). The van der Waals surface area contributed by atoms with Crippen LogP contribution in [0.5, 0.6) is 0 Å². The van der Waals surface area contributed by atoms with E-state index in [1.807, 2.05) is 0 Å². The van der Waals surface area contributed by atoms with Crippen molar-refractivity contribution >= 4 is 11.7 Å². The number of rotatable bonds is 2. The molecule has 1 atom stereocenters. The average Bonchev–Trinajstić information content (AvgIpc) is 3.22. The van der Waals surface area contributed by atoms with Gasteiger partial charge in [0.15, 0.2) is 0 Å². The average molecular weight is 346 g/mol. The van der Waals surface area contributed by atoms with Crippen LogP contribution in [0.4, 0.5) is 10.2 Å². The standard InChI is InChI=1S/C17H19FN4O3/c18-13-3-1-2-4-14(13)22-15(19)12(9-20-22)16(23)21-6-8-25-17(10-21)5-7-24-11-17/h1-4,9H,5-8,10-11,19H2. The maximum atomic E-state index is 14.0. The van der Waals surface area contributed by atoms with Crippen molar-refractivity contribution in [3.63, 3.8) is 0 Å². The van der Waals surface area contributed by atoms with Gasteiger partial charge in [-0.05, 0) is 12.1 Å². The zero-order chi connectivity index (χ0) is 17.4. The van der Waals surface area contributed by atoms with Gasteiger partial charge in [0.05, 0.1) is 26.0 Å². The fourth-order valence-corrected chi connectivity index (χ4v) is 3.35. The zero-order valence-corrected chi connectivity index (χ0v) is 13.7. The van der Waals surface area contributed by atoms with Gasteiger partial charge in [-0.15, -0.1) is 0 Å². The summed E-state index contributed by atoms with van der Waals surface area (Å²) >= 11 is 0. The maximum absolute atomic E-state index is 14.0. The Hall–Kier alpha value is -2.45. The highest BCUT2D eigenvalue weighted by Gasteiger charge is 2.42. The van der Waals surface area contributed by atoms with Crippen LogP contribution in [0.15, 0.2) is 30.5 Å². The number of hydrogen-bond acceptors (Lipinski definition) is 5. The van der Waals surface area contributed by atoms with Crippen LogP contribution in [0, 0.1) is 5.82 Å². The summed E-state index contributed by atoms with van der Waals surface area (Å²) in [4.78, 5) is 14.6. The van der Waals surface area contributed by atoms with Gasteiger partial charge < -0.3 is 20.1 Å². The molecule has 2 aromatic rings. The molecule has 1 spiro atoms. The van der Waals surface area contributed by atoms with Gasteiger partial charge in [-0.25, -0.2) is 9.07 Å². The van der Waals surface area contributed by atoms with E-state index in [0.29, 0.717) is 32.9 Å². The van der Waals surface area contributed by atoms with E-state index in [9.17, 15) is 9.18 Å². The number of nitrogen functional groups attached to an aromatic ring is 1. The number of ether oxygens (including phenoxy) is 2. The van der Waals surface area contributed by atoms with Gasteiger partial charge in [0.2, 0.25) is 0 Å². The normalized spacial score (nSPS) is 23.3. The zero-order valence-electron chi connectivity index (χ0n) is 13.7. The number of para-hydroxylation sites is 1. The second kappa shape index (κ2) is 6.12. The van der Waals surface area contributed by atoms with E-state index in [-0.39, 0.29) is 23.0 Å². The molecule has 7 nitrogen and oxygen atoms in total. The molecule has 2 N–H and O–H groups in total. The van der Waals surface area contributed by atoms with Gasteiger partial charge in [0.25, 0.3) is 5.91 Å². The Morgan fingerprint density at radius 3 is 2.92 bits per heavy atom. The first-order chi connectivity index (χ1) is 12.1. The van der Waals surface area contributed by atoms with Gasteiger partial charge in [-0.3, -0.25) is 4.79 Å². The Bertz CT molecular complexity index is 801. The summed E-state index contributed by atoms with van der Waals surface area (Å²) in [7, 11) is 0. The lowest BCUT2D eigenvalue weighted by atomic mass is 10.0. The Labute approximate surface area is 144 Å². The number of nitrogens with two attached hydrogens (primary N) is 1. The van der Waals surface area contributed by atoms with E-state index in [1.165, 1.54) is 16.9 Å². The van der Waals surface area contributed by atoms with Crippen molar-refractivity contribution in [2.75, 3.05) is 38.6 Å². The fraction of sp³-hybridized carbons (Fsp3) is 0.412. The van der Waals surface area contributed by atoms with Crippen LogP contribution in [0.1, 0.15) is 16.8 Å². The third-order valence-electron chi connectivity index (χ3n) is 4.72. The molecule has 2 aliphatic rings. The number of halogens is 1. The number of benzene rings is 1. The van der Waals surface area contributed by atoms with Crippen LogP contribution < -0.4 is 5.73 Å². The summed E-state index contributed by atoms with van der Waals surface area (Å²) in [5.41, 5.74) is 6.13. The molecule has 8 heteroatoms. The highest BCUT2D eigenvalue weighted by molar-refractivity contribution is 5.98. The summed E-state index contributed by atoms with van der Waals surface area (Å²) in [5, 5.41) is 4.10. The molecule has 0 aliphatic carbocycles. The number of carbonyl (C=O) groups is 1. The Morgan fingerprint density at radius 1 is 1.32 bits per heavy atom. The molecule has 0 radical (unpaired) electrons. The molecule has 2 saturated heterocycles. The molecule has 1 aromatic heterocycles. The van der Waals surface area contributed by atoms with E-state index < -0.39 is 11.4 Å². The molecule has 1 unspecified atom stereocenters. The van der Waals surface area contributed by atoms with Gasteiger partial charge in [0, 0.05) is 19.6 Å². The minimum absolute atomic E-state index is 0.123. The second-order valence-electron chi connectivity index (χ2n) is 6.37. The van der Waals surface area contributed by atoms with E-state index in [1.54, 1.807) is 23.1 Å². The van der Waals surface area contributed by atoms with Crippen LogP contribution in [-0.2, 0) is 9.47 Å². The van der Waals surface area contributed by atoms with E-state index in [0.717, 1.165) is 6.42 Å². The fourth-order valence-electron chi connectivity index (χ4n) is 3.35. The molecule has 132 valence electrons. The predicted octanol–water partition coefficient (Wildman–Crippen LogP) is 1.23. The van der Waals surface area contributed by atoms with Crippen LogP contribution in [0.2, 0.25) is 0 Å². The number of hydrogen-bond donors (Lipinski definition) is 1. The first-order valence-electron chi connectivity index (χ1n) is 8.19. The van der Waals surface area contributed by atoms with Crippen LogP contribution >= 0.6 is 0 Å². The van der Waals surface area contributed by atoms with Crippen molar-refractivity contribution < 1.29 is 18.7 Å². The molecule has 1 aromatic carbocycles. The first-order valence-corrected chi connectivity index (χ1v) is 8.19. The molecule has 1 amide bonds. The van der Waals surface area contributed by atoms with E-state index in [4.69, 9.17) is 15.2 Å². The number of nitrogens with zero attached hydrogens (tertiary/aromatic N) is 3. The highest BCUT2D eigenvalue weighted by atomic mass is 19.1. The van der Waals surface area contributed by atoms with Crippen molar-refractivity contribution in [3.8, 4) is 5.69 Å². The van der Waals surface area contributed by atoms with Crippen molar-refractivity contribution in [1.82, 2.24) is 14.7 Å². The Balaban J connectivity index is 1.60. The molecular weight excluding hydrogens is 327 g/mol. The van der Waals surface area contributed by atoms with Crippen LogP contribution in [-0.4, -0.2) is 59.1 Å². The number of aromatic nitrogens is 2. The van der Waals surface area contributed by atoms with Gasteiger partial charge >= 0.3 is 0 Å². The lowest BCUT2D eigenvalue weighted by molar-refractivity contribution is -0.0995. The molecular formula is C17H19FN4O3. The van der Waals surface area contributed by atoms with E-state index >= 15 is 0 Å². The number of amides is 1. The summed E-state index contributed by atoms with van der Waals surface area (Å²) < 4.78 is 26.5. The number of carbonyl (C=O) groups excluding carboxylic acids is 1. The Morgan fingerprint density at radius 2 is 2.16 bits per heavy atom. The predicted molar refractivity (Wildman–Crippen MR) is 88.0 cm³/mol. The Kier molecular flexibility index (Phi) is 3.93. The van der Waals surface area contributed by atoms with Gasteiger partial charge in [-0.2, -0.15) is 5.10 Å². The second-order valence-corrected chi connectivity index (χ2v) is 6.37. The molecule has 3 heterocycles. The largest absolute Gasteiger partial charge is 0.383 e. The quantitative estimate of drug-likeness (QED) is 0.884. The monoisotopic (exact) mass is 346 g/mol. The molecule has 25 heavy (non-hydrogen) atoms. The molecule has 0 bridgehead atoms. The summed E-state index contributed by atoms with van der Waals surface area (Å²) in [5.74, 6) is -0.558. The first kappa shape index (κ1) is 16.0. The van der Waals surface area contributed by atoms with Crippen molar-refractivity contribution in [2.24, 2.45) is 0 Å². The lowest BCUT2D eigenvalue weighted by Crippen LogP contribution is -2.54. The van der Waals surface area contributed by atoms with Crippen molar-refractivity contribution in [1.29, 1.82) is 0 Å². The van der Waals surface area contributed by atoms with Crippen LogP contribution in [0.25, 0.3) is 5.69 Å². The lowest BCUT2D eigenvalue weighted by Gasteiger charge is -2.39. The van der Waals surface area contributed by atoms with Crippen molar-refractivity contribution in [2.45, 2.75) is 12.0 Å². The number of anilines is 1. The smallest absolute Gasteiger partial charge is 0.259 e. The molecule has 0 saturated carbocycles.